The molecule has 0 bridgehead atoms. The molecule has 2 aliphatic rings. The van der Waals surface area contributed by atoms with Gasteiger partial charge in [-0.2, -0.15) is 0 Å². The molecule has 1 aromatic carbocycles. The van der Waals surface area contributed by atoms with E-state index < -0.39 is 0 Å². The molecule has 0 amide bonds. The summed E-state index contributed by atoms with van der Waals surface area (Å²) in [6, 6.07) is 2.96. The van der Waals surface area contributed by atoms with E-state index >= 15 is 0 Å². The molecule has 3 rings (SSSR count). The first-order valence-corrected chi connectivity index (χ1v) is 9.75. The number of rotatable bonds is 5. The zero-order valence-electron chi connectivity index (χ0n) is 16.9. The Morgan fingerprint density at radius 2 is 2.14 bits per heavy atom. The standard InChI is InChI=1S/C20H28FN3O4.HI/c1-3-22-20(24-8-5-14(6-9-24)19(25)26-2)23-7-4-15-10-17(21)11-16-12-27-13-28-18(15)16;/h10-11,14H,3-9,12-13H2,1-2H3,(H,22,23);1H. The summed E-state index contributed by atoms with van der Waals surface area (Å²) in [5.74, 6) is 1.07. The summed E-state index contributed by atoms with van der Waals surface area (Å²) in [4.78, 5) is 18.6. The van der Waals surface area contributed by atoms with Crippen LogP contribution in [0.1, 0.15) is 30.9 Å². The van der Waals surface area contributed by atoms with Crippen LogP contribution in [0.4, 0.5) is 4.39 Å². The summed E-state index contributed by atoms with van der Waals surface area (Å²) in [5, 5.41) is 3.30. The highest BCUT2D eigenvalue weighted by Gasteiger charge is 2.27. The maximum absolute atomic E-state index is 13.9. The van der Waals surface area contributed by atoms with Crippen LogP contribution in [0.25, 0.3) is 0 Å². The number of nitrogens with zero attached hydrogens (tertiary/aromatic N) is 2. The molecule has 0 radical (unpaired) electrons. The second kappa shape index (κ2) is 11.5. The Kier molecular flexibility index (Phi) is 9.41. The predicted octanol–water partition coefficient (Wildman–Crippen LogP) is 2.70. The number of carbonyl (C=O) groups is 1. The van der Waals surface area contributed by atoms with Crippen LogP contribution < -0.4 is 10.1 Å². The van der Waals surface area contributed by atoms with E-state index in [0.717, 1.165) is 49.6 Å². The summed E-state index contributed by atoms with van der Waals surface area (Å²) in [6.45, 7) is 5.34. The number of guanidine groups is 1. The van der Waals surface area contributed by atoms with Crippen LogP contribution in [0, 0.1) is 11.7 Å². The molecule has 29 heavy (non-hydrogen) atoms. The third-order valence-electron chi connectivity index (χ3n) is 5.06. The smallest absolute Gasteiger partial charge is 0.308 e. The molecule has 0 saturated carbocycles. The maximum Gasteiger partial charge on any atom is 0.308 e. The largest absolute Gasteiger partial charge is 0.469 e. The number of carbonyl (C=O) groups excluding carboxylic acids is 1. The maximum atomic E-state index is 13.9. The molecule has 162 valence electrons. The molecule has 0 unspecified atom stereocenters. The topological polar surface area (TPSA) is 72.4 Å². The minimum Gasteiger partial charge on any atom is -0.469 e. The van der Waals surface area contributed by atoms with Crippen molar-refractivity contribution < 1.29 is 23.4 Å². The monoisotopic (exact) mass is 521 g/mol. The number of esters is 1. The van der Waals surface area contributed by atoms with Gasteiger partial charge in [0.2, 0.25) is 0 Å². The van der Waals surface area contributed by atoms with E-state index in [-0.39, 0.29) is 48.5 Å². The van der Waals surface area contributed by atoms with Crippen molar-refractivity contribution in [3.05, 3.63) is 29.1 Å². The van der Waals surface area contributed by atoms with Gasteiger partial charge in [0, 0.05) is 31.7 Å². The fourth-order valence-electron chi connectivity index (χ4n) is 3.64. The van der Waals surface area contributed by atoms with Crippen molar-refractivity contribution in [2.75, 3.05) is 40.1 Å². The number of aliphatic imine (C=N–C) groups is 1. The van der Waals surface area contributed by atoms with E-state index in [1.165, 1.54) is 19.2 Å². The number of nitrogens with one attached hydrogen (secondary N) is 1. The zero-order chi connectivity index (χ0) is 19.9. The first-order chi connectivity index (χ1) is 13.6. The highest BCUT2D eigenvalue weighted by Crippen LogP contribution is 2.29. The predicted molar refractivity (Wildman–Crippen MR) is 118 cm³/mol. The van der Waals surface area contributed by atoms with Crippen LogP contribution in [0.15, 0.2) is 17.1 Å². The van der Waals surface area contributed by atoms with Gasteiger partial charge in [-0.05, 0) is 43.9 Å². The molecule has 1 N–H and O–H groups in total. The second-order valence-electron chi connectivity index (χ2n) is 6.93. The van der Waals surface area contributed by atoms with Crippen molar-refractivity contribution in [1.29, 1.82) is 0 Å². The number of methoxy groups -OCH3 is 1. The summed E-state index contributed by atoms with van der Waals surface area (Å²) in [7, 11) is 1.43. The van der Waals surface area contributed by atoms with E-state index in [1.807, 2.05) is 6.92 Å². The Balaban J connectivity index is 0.00000300. The van der Waals surface area contributed by atoms with Gasteiger partial charge in [-0.15, -0.1) is 24.0 Å². The molecule has 0 atom stereocenters. The summed E-state index contributed by atoms with van der Waals surface area (Å²) >= 11 is 0. The van der Waals surface area contributed by atoms with Gasteiger partial charge in [-0.1, -0.05) is 0 Å². The molecule has 0 aromatic heterocycles. The van der Waals surface area contributed by atoms with Crippen LogP contribution in [-0.4, -0.2) is 56.9 Å². The number of piperidine rings is 1. The Bertz CT molecular complexity index is 724. The lowest BCUT2D eigenvalue weighted by Gasteiger charge is -2.33. The molecule has 0 spiro atoms. The van der Waals surface area contributed by atoms with Gasteiger partial charge in [-0.25, -0.2) is 4.39 Å². The molecule has 0 aliphatic carbocycles. The Hall–Kier alpha value is -1.62. The van der Waals surface area contributed by atoms with Gasteiger partial charge in [-0.3, -0.25) is 9.79 Å². The van der Waals surface area contributed by atoms with E-state index in [1.54, 1.807) is 0 Å². The van der Waals surface area contributed by atoms with Crippen LogP contribution in [0.5, 0.6) is 5.75 Å². The molecule has 7 nitrogen and oxygen atoms in total. The third kappa shape index (κ3) is 6.18. The number of halogens is 2. The Morgan fingerprint density at radius 1 is 1.38 bits per heavy atom. The quantitative estimate of drug-likeness (QED) is 0.278. The number of likely N-dealkylation sites (tertiary alicyclic amines) is 1. The Labute approximate surface area is 188 Å². The van der Waals surface area contributed by atoms with Crippen molar-refractivity contribution in [1.82, 2.24) is 10.2 Å². The molecular weight excluding hydrogens is 492 g/mol. The fraction of sp³-hybridized carbons (Fsp3) is 0.600. The van der Waals surface area contributed by atoms with Crippen molar-refractivity contribution >= 4 is 35.9 Å². The molecule has 1 aromatic rings. The van der Waals surface area contributed by atoms with E-state index in [9.17, 15) is 9.18 Å². The fourth-order valence-corrected chi connectivity index (χ4v) is 3.64. The summed E-state index contributed by atoms with van der Waals surface area (Å²) in [5.41, 5.74) is 1.55. The molecular formula is C20H29FIN3O4. The molecule has 2 heterocycles. The minimum absolute atomic E-state index is 0. The first kappa shape index (κ1) is 23.7. The number of ether oxygens (including phenoxy) is 3. The van der Waals surface area contributed by atoms with Crippen molar-refractivity contribution in [2.24, 2.45) is 10.9 Å². The minimum atomic E-state index is -0.288. The average Bonchev–Trinajstić information content (AvgIpc) is 2.72. The number of fused-ring (bicyclic) bond motifs is 1. The summed E-state index contributed by atoms with van der Waals surface area (Å²) < 4.78 is 29.5. The average molecular weight is 521 g/mol. The lowest BCUT2D eigenvalue weighted by atomic mass is 9.97. The third-order valence-corrected chi connectivity index (χ3v) is 5.06. The van der Waals surface area contributed by atoms with Gasteiger partial charge in [0.05, 0.1) is 19.6 Å². The van der Waals surface area contributed by atoms with Crippen LogP contribution in [-0.2, 0) is 27.3 Å². The van der Waals surface area contributed by atoms with Gasteiger partial charge in [0.1, 0.15) is 11.6 Å². The first-order valence-electron chi connectivity index (χ1n) is 9.75. The van der Waals surface area contributed by atoms with E-state index in [4.69, 9.17) is 19.2 Å². The second-order valence-corrected chi connectivity index (χ2v) is 6.93. The Morgan fingerprint density at radius 3 is 2.83 bits per heavy atom. The molecule has 1 fully saturated rings. The molecule has 2 aliphatic heterocycles. The highest BCUT2D eigenvalue weighted by atomic mass is 127. The number of hydrogen-bond donors (Lipinski definition) is 1. The van der Waals surface area contributed by atoms with Crippen molar-refractivity contribution in [3.8, 4) is 5.75 Å². The van der Waals surface area contributed by atoms with Crippen LogP contribution in [0.2, 0.25) is 0 Å². The lowest BCUT2D eigenvalue weighted by Crippen LogP contribution is -2.46. The van der Waals surface area contributed by atoms with Crippen LogP contribution >= 0.6 is 24.0 Å². The van der Waals surface area contributed by atoms with Gasteiger partial charge < -0.3 is 24.4 Å². The molecule has 9 heteroatoms. The number of hydrogen-bond acceptors (Lipinski definition) is 5. The highest BCUT2D eigenvalue weighted by molar-refractivity contribution is 14.0. The zero-order valence-corrected chi connectivity index (χ0v) is 19.2. The van der Waals surface area contributed by atoms with Gasteiger partial charge in [0.25, 0.3) is 0 Å². The lowest BCUT2D eigenvalue weighted by molar-refractivity contribution is -0.146. The molecule has 1 saturated heterocycles. The SMILES string of the molecule is CCNC(=NCCc1cc(F)cc2c1OCOC2)N1CCC(C(=O)OC)CC1.I. The van der Waals surface area contributed by atoms with E-state index in [0.29, 0.717) is 25.3 Å². The van der Waals surface area contributed by atoms with Gasteiger partial charge >= 0.3 is 5.97 Å². The normalized spacial score (nSPS) is 17.1. The number of benzene rings is 1. The van der Waals surface area contributed by atoms with Crippen molar-refractivity contribution in [2.45, 2.75) is 32.8 Å². The van der Waals surface area contributed by atoms with Crippen LogP contribution in [0.3, 0.4) is 0 Å². The van der Waals surface area contributed by atoms with Gasteiger partial charge in [0.15, 0.2) is 12.8 Å². The van der Waals surface area contributed by atoms with Crippen molar-refractivity contribution in [3.63, 3.8) is 0 Å². The summed E-state index contributed by atoms with van der Waals surface area (Å²) in [6.07, 6.45) is 2.08. The van der Waals surface area contributed by atoms with E-state index in [2.05, 4.69) is 10.2 Å².